The van der Waals surface area contributed by atoms with E-state index >= 15 is 0 Å². The van der Waals surface area contributed by atoms with Crippen molar-refractivity contribution in [3.05, 3.63) is 47.8 Å². The predicted molar refractivity (Wildman–Crippen MR) is 112 cm³/mol. The second kappa shape index (κ2) is 8.37. The van der Waals surface area contributed by atoms with Crippen molar-refractivity contribution >= 4 is 17.5 Å². The molecule has 2 atom stereocenters. The number of carbonyl (C=O) groups is 2. The van der Waals surface area contributed by atoms with Crippen molar-refractivity contribution < 1.29 is 9.59 Å². The summed E-state index contributed by atoms with van der Waals surface area (Å²) in [5.74, 6) is 0.485. The van der Waals surface area contributed by atoms with Gasteiger partial charge in [-0.1, -0.05) is 19.1 Å². The molecule has 7 heteroatoms. The van der Waals surface area contributed by atoms with Gasteiger partial charge < -0.3 is 15.5 Å². The van der Waals surface area contributed by atoms with Gasteiger partial charge in [0.25, 0.3) is 5.91 Å². The molecule has 0 saturated carbocycles. The molecule has 2 saturated heterocycles. The normalized spacial score (nSPS) is 22.6. The van der Waals surface area contributed by atoms with Gasteiger partial charge in [0, 0.05) is 45.3 Å². The zero-order valence-electron chi connectivity index (χ0n) is 17.1. The minimum Gasteiger partial charge on any atom is -0.339 e. The van der Waals surface area contributed by atoms with Crippen molar-refractivity contribution in [2.75, 3.05) is 31.5 Å². The Kier molecular flexibility index (Phi) is 5.67. The number of nitrogens with zero attached hydrogens (tertiary/aromatic N) is 3. The van der Waals surface area contributed by atoms with Crippen LogP contribution in [0.5, 0.6) is 0 Å². The number of nitrogens with one attached hydrogen (secondary N) is 2. The van der Waals surface area contributed by atoms with Gasteiger partial charge in [-0.25, -0.2) is 0 Å². The first kappa shape index (κ1) is 19.6. The van der Waals surface area contributed by atoms with E-state index in [1.54, 1.807) is 4.68 Å². The number of carbonyl (C=O) groups excluding carboxylic acids is 2. The zero-order valence-corrected chi connectivity index (χ0v) is 17.1. The van der Waals surface area contributed by atoms with E-state index in [9.17, 15) is 9.59 Å². The maximum atomic E-state index is 13.1. The number of anilines is 1. The van der Waals surface area contributed by atoms with Gasteiger partial charge >= 0.3 is 0 Å². The first-order chi connectivity index (χ1) is 14.0. The highest BCUT2D eigenvalue weighted by molar-refractivity contribution is 6.04. The molecule has 2 amide bonds. The van der Waals surface area contributed by atoms with E-state index < -0.39 is 0 Å². The fraction of sp³-hybridized carbons (Fsp3) is 0.500. The maximum absolute atomic E-state index is 13.1. The van der Waals surface area contributed by atoms with Gasteiger partial charge in [0.1, 0.15) is 0 Å². The van der Waals surface area contributed by atoms with E-state index in [1.807, 2.05) is 48.6 Å². The van der Waals surface area contributed by atoms with Gasteiger partial charge in [0.15, 0.2) is 0 Å². The van der Waals surface area contributed by atoms with Gasteiger partial charge in [0.05, 0.1) is 23.4 Å². The van der Waals surface area contributed by atoms with Crippen molar-refractivity contribution in [2.24, 2.45) is 18.9 Å². The van der Waals surface area contributed by atoms with Crippen LogP contribution in [0.3, 0.4) is 0 Å². The molecule has 154 valence electrons. The minimum absolute atomic E-state index is 0.00107. The standard InChI is InChI=1S/C22H29N5O2/c1-15-7-9-27(10-8-15)22(29)17-5-3-4-6-20(17)25-21(28)19-13-23-12-18(19)16-11-24-26(2)14-16/h3-6,11,14-15,18-19,23H,7-10,12-13H2,1-2H3,(H,25,28)/t18-,19+/m1/s1. The molecule has 1 aromatic carbocycles. The minimum atomic E-state index is -0.196. The Morgan fingerprint density at radius 3 is 2.66 bits per heavy atom. The third-order valence-electron chi connectivity index (χ3n) is 6.19. The molecule has 4 rings (SSSR count). The summed E-state index contributed by atoms with van der Waals surface area (Å²) in [6.07, 6.45) is 5.85. The largest absolute Gasteiger partial charge is 0.339 e. The smallest absolute Gasteiger partial charge is 0.255 e. The van der Waals surface area contributed by atoms with Crippen LogP contribution in [0.2, 0.25) is 0 Å². The second-order valence-corrected chi connectivity index (χ2v) is 8.33. The van der Waals surface area contributed by atoms with Crippen molar-refractivity contribution in [2.45, 2.75) is 25.7 Å². The fourth-order valence-corrected chi connectivity index (χ4v) is 4.32. The number of hydrogen-bond acceptors (Lipinski definition) is 4. The third-order valence-corrected chi connectivity index (χ3v) is 6.19. The Labute approximate surface area is 171 Å². The molecule has 2 aliphatic heterocycles. The highest BCUT2D eigenvalue weighted by atomic mass is 16.2. The fourth-order valence-electron chi connectivity index (χ4n) is 4.32. The van der Waals surface area contributed by atoms with E-state index in [0.717, 1.165) is 38.0 Å². The second-order valence-electron chi connectivity index (χ2n) is 8.33. The monoisotopic (exact) mass is 395 g/mol. The molecule has 0 spiro atoms. The maximum Gasteiger partial charge on any atom is 0.255 e. The lowest BCUT2D eigenvalue weighted by atomic mass is 9.90. The summed E-state index contributed by atoms with van der Waals surface area (Å²) >= 11 is 0. The molecule has 0 aliphatic carbocycles. The number of rotatable bonds is 4. The van der Waals surface area contributed by atoms with E-state index in [-0.39, 0.29) is 23.7 Å². The SMILES string of the molecule is CC1CCN(C(=O)c2ccccc2NC(=O)[C@H]2CNC[C@@H]2c2cnn(C)c2)CC1. The lowest BCUT2D eigenvalue weighted by Gasteiger charge is -2.31. The first-order valence-electron chi connectivity index (χ1n) is 10.4. The lowest BCUT2D eigenvalue weighted by molar-refractivity contribution is -0.119. The van der Waals surface area contributed by atoms with Crippen molar-refractivity contribution in [1.82, 2.24) is 20.0 Å². The van der Waals surface area contributed by atoms with Crippen molar-refractivity contribution in [1.29, 1.82) is 0 Å². The summed E-state index contributed by atoms with van der Waals surface area (Å²) in [6.45, 7) is 5.14. The van der Waals surface area contributed by atoms with E-state index in [0.29, 0.717) is 23.7 Å². The van der Waals surface area contributed by atoms with Crippen LogP contribution in [0.4, 0.5) is 5.69 Å². The number of likely N-dealkylation sites (tertiary alicyclic amines) is 1. The Morgan fingerprint density at radius 1 is 1.17 bits per heavy atom. The van der Waals surface area contributed by atoms with Crippen LogP contribution in [0.15, 0.2) is 36.7 Å². The Hall–Kier alpha value is -2.67. The number of hydrogen-bond donors (Lipinski definition) is 2. The third kappa shape index (κ3) is 4.19. The predicted octanol–water partition coefficient (Wildman–Crippen LogP) is 2.23. The van der Waals surface area contributed by atoms with Crippen LogP contribution in [0, 0.1) is 11.8 Å². The highest BCUT2D eigenvalue weighted by Crippen LogP contribution is 2.30. The summed E-state index contributed by atoms with van der Waals surface area (Å²) in [6, 6.07) is 7.34. The Balaban J connectivity index is 1.49. The molecule has 0 unspecified atom stereocenters. The molecule has 2 N–H and O–H groups in total. The first-order valence-corrected chi connectivity index (χ1v) is 10.4. The molecular formula is C22H29N5O2. The van der Waals surface area contributed by atoms with Crippen LogP contribution in [0.25, 0.3) is 0 Å². The molecule has 0 bridgehead atoms. The molecule has 2 aromatic rings. The number of aryl methyl sites for hydroxylation is 1. The van der Waals surface area contributed by atoms with E-state index in [1.165, 1.54) is 0 Å². The van der Waals surface area contributed by atoms with Gasteiger partial charge in [0.2, 0.25) is 5.91 Å². The topological polar surface area (TPSA) is 79.3 Å². The summed E-state index contributed by atoms with van der Waals surface area (Å²) in [4.78, 5) is 28.1. The van der Waals surface area contributed by atoms with Gasteiger partial charge in [-0.3, -0.25) is 14.3 Å². The number of para-hydroxylation sites is 1. The molecule has 2 fully saturated rings. The quantitative estimate of drug-likeness (QED) is 0.832. The van der Waals surface area contributed by atoms with Crippen LogP contribution in [-0.2, 0) is 11.8 Å². The van der Waals surface area contributed by atoms with Crippen LogP contribution >= 0.6 is 0 Å². The highest BCUT2D eigenvalue weighted by Gasteiger charge is 2.35. The molecule has 2 aliphatic rings. The number of piperidine rings is 1. The van der Waals surface area contributed by atoms with Gasteiger partial charge in [-0.2, -0.15) is 5.10 Å². The molecule has 7 nitrogen and oxygen atoms in total. The molecule has 3 heterocycles. The lowest BCUT2D eigenvalue weighted by Crippen LogP contribution is -2.38. The molecular weight excluding hydrogens is 366 g/mol. The zero-order chi connectivity index (χ0) is 20.4. The number of amides is 2. The number of aromatic nitrogens is 2. The van der Waals surface area contributed by atoms with E-state index in [2.05, 4.69) is 22.7 Å². The average molecular weight is 396 g/mol. The summed E-state index contributed by atoms with van der Waals surface area (Å²) in [5.41, 5.74) is 2.22. The van der Waals surface area contributed by atoms with Crippen molar-refractivity contribution in [3.63, 3.8) is 0 Å². The van der Waals surface area contributed by atoms with Crippen LogP contribution < -0.4 is 10.6 Å². The summed E-state index contributed by atoms with van der Waals surface area (Å²) in [7, 11) is 1.88. The Morgan fingerprint density at radius 2 is 1.93 bits per heavy atom. The molecule has 29 heavy (non-hydrogen) atoms. The van der Waals surface area contributed by atoms with Gasteiger partial charge in [-0.15, -0.1) is 0 Å². The Bertz CT molecular complexity index is 885. The average Bonchev–Trinajstić information content (AvgIpc) is 3.37. The van der Waals surface area contributed by atoms with Crippen LogP contribution in [0.1, 0.15) is 41.6 Å². The van der Waals surface area contributed by atoms with Gasteiger partial charge in [-0.05, 0) is 36.5 Å². The van der Waals surface area contributed by atoms with E-state index in [4.69, 9.17) is 0 Å². The molecule has 1 aromatic heterocycles. The van der Waals surface area contributed by atoms with Crippen molar-refractivity contribution in [3.8, 4) is 0 Å². The summed E-state index contributed by atoms with van der Waals surface area (Å²) < 4.78 is 1.76. The molecule has 0 radical (unpaired) electrons. The number of benzene rings is 1. The summed E-state index contributed by atoms with van der Waals surface area (Å²) in [5, 5.41) is 10.6. The van der Waals surface area contributed by atoms with Crippen LogP contribution in [-0.4, -0.2) is 52.7 Å².